The number of anilines is 1. The predicted octanol–water partition coefficient (Wildman–Crippen LogP) is 1.91. The molecule has 1 saturated heterocycles. The van der Waals surface area contributed by atoms with Crippen LogP contribution in [0, 0.1) is 0 Å². The van der Waals surface area contributed by atoms with Crippen LogP contribution in [0.4, 0.5) is 5.69 Å². The third kappa shape index (κ3) is 4.11. The van der Waals surface area contributed by atoms with Crippen molar-refractivity contribution >= 4 is 11.6 Å². The summed E-state index contributed by atoms with van der Waals surface area (Å²) in [5.41, 5.74) is 3.39. The minimum atomic E-state index is -0.163. The Bertz CT molecular complexity index is 1030. The maximum atomic E-state index is 12.5. The zero-order valence-corrected chi connectivity index (χ0v) is 18.6. The lowest BCUT2D eigenvalue weighted by molar-refractivity contribution is 0.0958. The number of aromatic nitrogens is 2. The molecule has 2 aromatic rings. The van der Waals surface area contributed by atoms with Gasteiger partial charge in [-0.2, -0.15) is 0 Å². The molecule has 2 fully saturated rings. The highest BCUT2D eigenvalue weighted by molar-refractivity contribution is 5.92. The summed E-state index contributed by atoms with van der Waals surface area (Å²) < 4.78 is 5.77. The van der Waals surface area contributed by atoms with E-state index in [1.807, 2.05) is 6.07 Å². The fourth-order valence-electron chi connectivity index (χ4n) is 5.35. The van der Waals surface area contributed by atoms with Crippen LogP contribution in [0.2, 0.25) is 0 Å². The second-order valence-corrected chi connectivity index (χ2v) is 9.02. The molecule has 3 aliphatic rings. The number of nitrogens with one attached hydrogen (secondary N) is 2. The monoisotopic (exact) mass is 437 g/mol. The molecule has 1 saturated carbocycles. The van der Waals surface area contributed by atoms with E-state index in [1.54, 1.807) is 19.3 Å². The molecule has 2 atom stereocenters. The van der Waals surface area contributed by atoms with Crippen LogP contribution in [-0.4, -0.2) is 66.7 Å². The SMILES string of the molecule is CNC(=O)c1ccc(N2CCN([C@H]3CC[C@@H](c4cc5c(c(=O)[nH]4)CCCO5)C3)CC2)cn1. The van der Waals surface area contributed by atoms with Crippen LogP contribution in [0.25, 0.3) is 0 Å². The lowest BCUT2D eigenvalue weighted by Crippen LogP contribution is -2.49. The van der Waals surface area contributed by atoms with E-state index in [4.69, 9.17) is 4.74 Å². The Kier molecular flexibility index (Phi) is 5.87. The topological polar surface area (TPSA) is 90.6 Å². The molecular weight excluding hydrogens is 406 g/mol. The van der Waals surface area contributed by atoms with Crippen molar-refractivity contribution < 1.29 is 9.53 Å². The molecular formula is C24H31N5O3. The van der Waals surface area contributed by atoms with E-state index in [1.165, 1.54) is 0 Å². The fourth-order valence-corrected chi connectivity index (χ4v) is 5.35. The molecule has 32 heavy (non-hydrogen) atoms. The summed E-state index contributed by atoms with van der Waals surface area (Å²) in [5, 5.41) is 2.60. The number of hydrogen-bond acceptors (Lipinski definition) is 6. The van der Waals surface area contributed by atoms with Gasteiger partial charge >= 0.3 is 0 Å². The Morgan fingerprint density at radius 2 is 2.06 bits per heavy atom. The molecule has 170 valence electrons. The third-order valence-corrected chi connectivity index (χ3v) is 7.19. The number of pyridine rings is 2. The quantitative estimate of drug-likeness (QED) is 0.760. The Labute approximate surface area is 188 Å². The van der Waals surface area contributed by atoms with Crippen LogP contribution < -0.4 is 20.5 Å². The van der Waals surface area contributed by atoms with Crippen molar-refractivity contribution in [2.75, 3.05) is 44.7 Å². The first-order valence-corrected chi connectivity index (χ1v) is 11.7. The Hall–Kier alpha value is -2.87. The van der Waals surface area contributed by atoms with Gasteiger partial charge in [0.25, 0.3) is 11.5 Å². The van der Waals surface area contributed by atoms with E-state index in [0.29, 0.717) is 24.3 Å². The van der Waals surface area contributed by atoms with Crippen molar-refractivity contribution in [1.29, 1.82) is 0 Å². The number of rotatable bonds is 4. The summed E-state index contributed by atoms with van der Waals surface area (Å²) in [7, 11) is 1.61. The van der Waals surface area contributed by atoms with Gasteiger partial charge in [-0.3, -0.25) is 14.5 Å². The molecule has 1 aliphatic carbocycles. The zero-order chi connectivity index (χ0) is 22.1. The van der Waals surface area contributed by atoms with Crippen LogP contribution in [0.5, 0.6) is 5.75 Å². The number of nitrogens with zero attached hydrogens (tertiary/aromatic N) is 3. The Morgan fingerprint density at radius 3 is 2.81 bits per heavy atom. The van der Waals surface area contributed by atoms with Crippen molar-refractivity contribution in [3.63, 3.8) is 0 Å². The van der Waals surface area contributed by atoms with Crippen LogP contribution in [-0.2, 0) is 6.42 Å². The van der Waals surface area contributed by atoms with Crippen LogP contribution in [0.15, 0.2) is 29.2 Å². The van der Waals surface area contributed by atoms with E-state index in [2.05, 4.69) is 31.2 Å². The maximum absolute atomic E-state index is 12.5. The van der Waals surface area contributed by atoms with E-state index >= 15 is 0 Å². The van der Waals surface area contributed by atoms with Gasteiger partial charge < -0.3 is 19.9 Å². The summed E-state index contributed by atoms with van der Waals surface area (Å²) in [6.45, 7) is 4.63. The summed E-state index contributed by atoms with van der Waals surface area (Å²) in [5.74, 6) is 1.02. The van der Waals surface area contributed by atoms with Crippen molar-refractivity contribution in [1.82, 2.24) is 20.2 Å². The minimum absolute atomic E-state index is 0.0327. The van der Waals surface area contributed by atoms with Crippen molar-refractivity contribution in [2.45, 2.75) is 44.1 Å². The van der Waals surface area contributed by atoms with E-state index in [-0.39, 0.29) is 11.5 Å². The number of ether oxygens (including phenoxy) is 1. The second kappa shape index (κ2) is 8.94. The Morgan fingerprint density at radius 1 is 1.22 bits per heavy atom. The first-order chi connectivity index (χ1) is 15.6. The van der Waals surface area contributed by atoms with Crippen LogP contribution in [0.1, 0.15) is 53.3 Å². The van der Waals surface area contributed by atoms with Gasteiger partial charge in [-0.05, 0) is 44.2 Å². The highest BCUT2D eigenvalue weighted by atomic mass is 16.5. The first kappa shape index (κ1) is 21.0. The molecule has 2 aliphatic heterocycles. The molecule has 1 amide bonds. The van der Waals surface area contributed by atoms with Gasteiger partial charge in [-0.25, -0.2) is 4.98 Å². The highest BCUT2D eigenvalue weighted by Gasteiger charge is 2.33. The fraction of sp³-hybridized carbons (Fsp3) is 0.542. The van der Waals surface area contributed by atoms with Crippen LogP contribution >= 0.6 is 0 Å². The molecule has 4 heterocycles. The average molecular weight is 438 g/mol. The lowest BCUT2D eigenvalue weighted by Gasteiger charge is -2.39. The number of H-pyrrole nitrogens is 1. The van der Waals surface area contributed by atoms with Crippen molar-refractivity contribution in [3.8, 4) is 5.75 Å². The highest BCUT2D eigenvalue weighted by Crippen LogP contribution is 2.38. The molecule has 0 radical (unpaired) electrons. The summed E-state index contributed by atoms with van der Waals surface area (Å²) >= 11 is 0. The van der Waals surface area contributed by atoms with Gasteiger partial charge in [0.05, 0.1) is 24.1 Å². The number of hydrogen-bond donors (Lipinski definition) is 2. The minimum Gasteiger partial charge on any atom is -0.493 e. The standard InChI is InChI=1S/C24H31N5O3/c1-25-24(31)20-7-6-18(15-26-20)29-10-8-28(9-11-29)17-5-4-16(13-17)21-14-22-19(23(30)27-21)3-2-12-32-22/h6-7,14-17H,2-5,8-13H2,1H3,(H,25,31)(H,27,30)/t16-,17+/m1/s1. The molecule has 0 spiro atoms. The third-order valence-electron chi connectivity index (χ3n) is 7.19. The Balaban J connectivity index is 1.18. The number of fused-ring (bicyclic) bond motifs is 1. The summed E-state index contributed by atoms with van der Waals surface area (Å²) in [6, 6.07) is 6.39. The molecule has 0 aromatic carbocycles. The summed E-state index contributed by atoms with van der Waals surface area (Å²) in [4.78, 5) is 36.6. The van der Waals surface area contributed by atoms with Gasteiger partial charge in [0.15, 0.2) is 0 Å². The average Bonchev–Trinajstić information content (AvgIpc) is 3.34. The number of amides is 1. The molecule has 8 heteroatoms. The van der Waals surface area contributed by atoms with Gasteiger partial charge in [0.2, 0.25) is 0 Å². The van der Waals surface area contributed by atoms with Crippen LogP contribution in [0.3, 0.4) is 0 Å². The molecule has 8 nitrogen and oxygen atoms in total. The number of aromatic amines is 1. The number of carbonyl (C=O) groups is 1. The van der Waals surface area contributed by atoms with Gasteiger partial charge in [-0.15, -0.1) is 0 Å². The number of carbonyl (C=O) groups excluding carboxylic acids is 1. The summed E-state index contributed by atoms with van der Waals surface area (Å²) in [6.07, 6.45) is 6.86. The maximum Gasteiger partial charge on any atom is 0.269 e. The smallest absolute Gasteiger partial charge is 0.269 e. The van der Waals surface area contributed by atoms with Gasteiger partial charge in [0.1, 0.15) is 11.4 Å². The predicted molar refractivity (Wildman–Crippen MR) is 123 cm³/mol. The molecule has 0 bridgehead atoms. The normalized spacial score (nSPS) is 23.5. The van der Waals surface area contributed by atoms with Gasteiger partial charge in [0, 0.05) is 56.9 Å². The van der Waals surface area contributed by atoms with Crippen molar-refractivity contribution in [3.05, 3.63) is 51.7 Å². The molecule has 2 N–H and O–H groups in total. The van der Waals surface area contributed by atoms with E-state index < -0.39 is 0 Å². The zero-order valence-electron chi connectivity index (χ0n) is 18.6. The van der Waals surface area contributed by atoms with Crippen molar-refractivity contribution in [2.24, 2.45) is 0 Å². The molecule has 0 unspecified atom stereocenters. The van der Waals surface area contributed by atoms with E-state index in [9.17, 15) is 9.59 Å². The molecule has 2 aromatic heterocycles. The number of piperazine rings is 1. The molecule has 5 rings (SSSR count). The van der Waals surface area contributed by atoms with Gasteiger partial charge in [-0.1, -0.05) is 0 Å². The lowest BCUT2D eigenvalue weighted by atomic mass is 10.00. The first-order valence-electron chi connectivity index (χ1n) is 11.7. The second-order valence-electron chi connectivity index (χ2n) is 9.02. The largest absolute Gasteiger partial charge is 0.493 e. The van der Waals surface area contributed by atoms with E-state index in [0.717, 1.165) is 81.0 Å².